The summed E-state index contributed by atoms with van der Waals surface area (Å²) in [4.78, 5) is 10.7. The van der Waals surface area contributed by atoms with Gasteiger partial charge in [0.1, 0.15) is 0 Å². The van der Waals surface area contributed by atoms with Crippen LogP contribution in [-0.4, -0.2) is 29.8 Å². The van der Waals surface area contributed by atoms with Crippen molar-refractivity contribution in [1.82, 2.24) is 0 Å². The van der Waals surface area contributed by atoms with Crippen molar-refractivity contribution in [3.63, 3.8) is 0 Å². The van der Waals surface area contributed by atoms with Gasteiger partial charge in [-0.15, -0.1) is 0 Å². The number of anilines is 1. The van der Waals surface area contributed by atoms with Crippen LogP contribution in [0.2, 0.25) is 0 Å². The van der Waals surface area contributed by atoms with Gasteiger partial charge in [-0.05, 0) is 31.0 Å². The van der Waals surface area contributed by atoms with E-state index >= 15 is 0 Å². The van der Waals surface area contributed by atoms with Gasteiger partial charge in [-0.25, -0.2) is 4.79 Å². The van der Waals surface area contributed by atoms with Crippen molar-refractivity contribution in [2.45, 2.75) is 31.2 Å². The fourth-order valence-electron chi connectivity index (χ4n) is 2.12. The highest BCUT2D eigenvalue weighted by Gasteiger charge is 2.33. The van der Waals surface area contributed by atoms with Crippen LogP contribution in [0.5, 0.6) is 0 Å². The van der Waals surface area contributed by atoms with E-state index in [-0.39, 0.29) is 17.1 Å². The number of nitrogens with one attached hydrogen (secondary N) is 1. The number of aliphatic carboxylic acids is 1. The summed E-state index contributed by atoms with van der Waals surface area (Å²) in [6, 6.07) is 3.84. The second-order valence-electron chi connectivity index (χ2n) is 4.74. The fourth-order valence-corrected chi connectivity index (χ4v) is 2.59. The number of carboxylic acids is 1. The van der Waals surface area contributed by atoms with Crippen molar-refractivity contribution in [2.75, 3.05) is 11.9 Å². The molecule has 0 amide bonds. The zero-order valence-corrected chi connectivity index (χ0v) is 12.4. The highest BCUT2D eigenvalue weighted by atomic mass is 79.9. The summed E-state index contributed by atoms with van der Waals surface area (Å²) in [5.41, 5.74) is -0.448. The molecule has 1 aromatic rings. The molecule has 0 spiro atoms. The molecule has 1 aliphatic heterocycles. The van der Waals surface area contributed by atoms with Crippen LogP contribution < -0.4 is 5.32 Å². The summed E-state index contributed by atoms with van der Waals surface area (Å²) in [6.07, 6.45) is -4.60. The number of ether oxygens (including phenoxy) is 1. The van der Waals surface area contributed by atoms with Crippen LogP contribution >= 0.6 is 15.9 Å². The molecule has 1 heterocycles. The molecule has 116 valence electrons. The number of hydrogen-bond acceptors (Lipinski definition) is 3. The molecule has 2 atom stereocenters. The minimum absolute atomic E-state index is 0.0244. The normalized spacial score (nSPS) is 22.3. The lowest BCUT2D eigenvalue weighted by molar-refractivity contribution is -0.149. The number of carbonyl (C=O) groups is 1. The molecule has 21 heavy (non-hydrogen) atoms. The van der Waals surface area contributed by atoms with E-state index in [1.165, 1.54) is 12.1 Å². The van der Waals surface area contributed by atoms with Crippen molar-refractivity contribution in [3.05, 3.63) is 28.2 Å². The predicted octanol–water partition coefficient (Wildman–Crippen LogP) is 3.51. The van der Waals surface area contributed by atoms with Crippen LogP contribution in [0.25, 0.3) is 0 Å². The average Bonchev–Trinajstić information content (AvgIpc) is 2.85. The third-order valence-electron chi connectivity index (χ3n) is 3.19. The maximum atomic E-state index is 12.8. The molecule has 2 N–H and O–H groups in total. The second-order valence-corrected chi connectivity index (χ2v) is 5.59. The Balaban J connectivity index is 1.97. The van der Waals surface area contributed by atoms with Crippen LogP contribution in [0, 0.1) is 0 Å². The van der Waals surface area contributed by atoms with Gasteiger partial charge in [-0.3, -0.25) is 0 Å². The zero-order valence-electron chi connectivity index (χ0n) is 10.8. The smallest absolute Gasteiger partial charge is 0.417 e. The number of hydrogen-bond donors (Lipinski definition) is 2. The monoisotopic (exact) mass is 367 g/mol. The molecule has 0 radical (unpaired) electrons. The summed E-state index contributed by atoms with van der Waals surface area (Å²) < 4.78 is 43.5. The van der Waals surface area contributed by atoms with Crippen LogP contribution in [-0.2, 0) is 15.7 Å². The van der Waals surface area contributed by atoms with E-state index < -0.39 is 23.8 Å². The first-order chi connectivity index (χ1) is 9.77. The largest absolute Gasteiger partial charge is 0.479 e. The average molecular weight is 368 g/mol. The first kappa shape index (κ1) is 16.1. The summed E-state index contributed by atoms with van der Waals surface area (Å²) >= 11 is 2.87. The molecule has 2 rings (SSSR count). The van der Waals surface area contributed by atoms with Gasteiger partial charge in [0, 0.05) is 16.7 Å². The number of alkyl halides is 3. The lowest BCUT2D eigenvalue weighted by Crippen LogP contribution is -2.24. The van der Waals surface area contributed by atoms with Crippen LogP contribution in [0.1, 0.15) is 18.4 Å². The molecule has 0 aliphatic carbocycles. The van der Waals surface area contributed by atoms with E-state index in [1.54, 1.807) is 0 Å². The first-order valence-electron chi connectivity index (χ1n) is 6.26. The van der Waals surface area contributed by atoms with Crippen molar-refractivity contribution in [1.29, 1.82) is 0 Å². The molecule has 1 aliphatic rings. The molecule has 1 fully saturated rings. The van der Waals surface area contributed by atoms with Gasteiger partial charge >= 0.3 is 12.1 Å². The van der Waals surface area contributed by atoms with Crippen molar-refractivity contribution in [3.8, 4) is 0 Å². The molecule has 0 saturated carbocycles. The predicted molar refractivity (Wildman–Crippen MR) is 73.2 cm³/mol. The van der Waals surface area contributed by atoms with Crippen molar-refractivity contribution < 1.29 is 27.8 Å². The standard InChI is InChI=1S/C13H13BrF3NO3/c14-10-3-1-7(5-9(10)13(15,16)17)18-6-8-2-4-11(21-8)12(19)20/h1,3,5,8,11,18H,2,4,6H2,(H,19,20). The van der Waals surface area contributed by atoms with Gasteiger partial charge in [0.2, 0.25) is 0 Å². The molecule has 1 saturated heterocycles. The maximum absolute atomic E-state index is 12.8. The number of carboxylic acid groups (broad SMARTS) is 1. The Morgan fingerprint density at radius 2 is 2.14 bits per heavy atom. The molecule has 8 heteroatoms. The highest BCUT2D eigenvalue weighted by molar-refractivity contribution is 9.10. The minimum Gasteiger partial charge on any atom is -0.479 e. The molecule has 0 bridgehead atoms. The molecular weight excluding hydrogens is 355 g/mol. The zero-order chi connectivity index (χ0) is 15.6. The van der Waals surface area contributed by atoms with Gasteiger partial charge < -0.3 is 15.2 Å². The van der Waals surface area contributed by atoms with Gasteiger partial charge in [0.05, 0.1) is 11.7 Å². The quantitative estimate of drug-likeness (QED) is 0.854. The molecule has 1 aromatic carbocycles. The lowest BCUT2D eigenvalue weighted by Gasteiger charge is -2.15. The molecule has 4 nitrogen and oxygen atoms in total. The number of halogens is 4. The topological polar surface area (TPSA) is 58.6 Å². The minimum atomic E-state index is -4.44. The lowest BCUT2D eigenvalue weighted by atomic mass is 10.1. The van der Waals surface area contributed by atoms with Crippen molar-refractivity contribution >= 4 is 27.6 Å². The highest BCUT2D eigenvalue weighted by Crippen LogP contribution is 2.36. The van der Waals surface area contributed by atoms with E-state index in [2.05, 4.69) is 21.2 Å². The van der Waals surface area contributed by atoms with Gasteiger partial charge in [0.15, 0.2) is 6.10 Å². The first-order valence-corrected chi connectivity index (χ1v) is 7.05. The van der Waals surface area contributed by atoms with E-state index in [0.29, 0.717) is 18.5 Å². The summed E-state index contributed by atoms with van der Waals surface area (Å²) in [7, 11) is 0. The summed E-state index contributed by atoms with van der Waals surface area (Å²) in [6.45, 7) is 0.267. The Kier molecular flexibility index (Phi) is 4.77. The number of rotatable bonds is 4. The Morgan fingerprint density at radius 1 is 1.43 bits per heavy atom. The summed E-state index contributed by atoms with van der Waals surface area (Å²) in [5.74, 6) is -1.01. The third kappa shape index (κ3) is 4.10. The number of benzene rings is 1. The third-order valence-corrected chi connectivity index (χ3v) is 3.88. The van der Waals surface area contributed by atoms with Gasteiger partial charge in [-0.1, -0.05) is 15.9 Å². The van der Waals surface area contributed by atoms with E-state index in [1.807, 2.05) is 0 Å². The van der Waals surface area contributed by atoms with Crippen LogP contribution in [0.3, 0.4) is 0 Å². The summed E-state index contributed by atoms with van der Waals surface area (Å²) in [5, 5.41) is 11.6. The Hall–Kier alpha value is -1.28. The van der Waals surface area contributed by atoms with Gasteiger partial charge in [0.25, 0.3) is 0 Å². The van der Waals surface area contributed by atoms with E-state index in [4.69, 9.17) is 9.84 Å². The molecule has 0 aromatic heterocycles. The molecule has 2 unspecified atom stereocenters. The Bertz CT molecular complexity index is 536. The Labute approximate surface area is 127 Å². The van der Waals surface area contributed by atoms with Crippen LogP contribution in [0.15, 0.2) is 22.7 Å². The van der Waals surface area contributed by atoms with Crippen molar-refractivity contribution in [2.24, 2.45) is 0 Å². The fraction of sp³-hybridized carbons (Fsp3) is 0.462. The Morgan fingerprint density at radius 3 is 2.71 bits per heavy atom. The maximum Gasteiger partial charge on any atom is 0.417 e. The van der Waals surface area contributed by atoms with Gasteiger partial charge in [-0.2, -0.15) is 13.2 Å². The van der Waals surface area contributed by atoms with Crippen LogP contribution in [0.4, 0.5) is 18.9 Å². The SMILES string of the molecule is O=C(O)C1CCC(CNc2ccc(Br)c(C(F)(F)F)c2)O1. The molecular formula is C13H13BrF3NO3. The van der Waals surface area contributed by atoms with E-state index in [0.717, 1.165) is 6.07 Å². The van der Waals surface area contributed by atoms with E-state index in [9.17, 15) is 18.0 Å². The second kappa shape index (κ2) is 6.23.